The van der Waals surface area contributed by atoms with Crippen LogP contribution < -0.4 is 0 Å². The van der Waals surface area contributed by atoms with Crippen molar-refractivity contribution < 1.29 is 8.42 Å². The SMILES string of the molecule is CC(C)(C)C1CCN(S(=O)(=O)c2ccn[nH]2)C1. The van der Waals surface area contributed by atoms with Crippen molar-refractivity contribution in [2.24, 2.45) is 11.3 Å². The van der Waals surface area contributed by atoms with Gasteiger partial charge in [-0.25, -0.2) is 8.42 Å². The van der Waals surface area contributed by atoms with Crippen LogP contribution in [0.5, 0.6) is 0 Å². The van der Waals surface area contributed by atoms with E-state index in [0.29, 0.717) is 19.0 Å². The summed E-state index contributed by atoms with van der Waals surface area (Å²) in [5.41, 5.74) is 0.151. The van der Waals surface area contributed by atoms with E-state index >= 15 is 0 Å². The highest BCUT2D eigenvalue weighted by Crippen LogP contribution is 2.35. The molecule has 17 heavy (non-hydrogen) atoms. The molecule has 0 spiro atoms. The summed E-state index contributed by atoms with van der Waals surface area (Å²) in [5.74, 6) is 0.417. The second kappa shape index (κ2) is 4.10. The van der Waals surface area contributed by atoms with Crippen molar-refractivity contribution in [3.05, 3.63) is 12.3 Å². The van der Waals surface area contributed by atoms with Gasteiger partial charge in [0, 0.05) is 13.1 Å². The number of sulfonamides is 1. The Hall–Kier alpha value is -0.880. The van der Waals surface area contributed by atoms with Gasteiger partial charge in [0.15, 0.2) is 5.03 Å². The molecular formula is C11H19N3O2S. The molecule has 6 heteroatoms. The van der Waals surface area contributed by atoms with Gasteiger partial charge >= 0.3 is 0 Å². The summed E-state index contributed by atoms with van der Waals surface area (Å²) >= 11 is 0. The van der Waals surface area contributed by atoms with E-state index in [4.69, 9.17) is 0 Å². The lowest BCUT2D eigenvalue weighted by molar-refractivity contribution is 0.252. The number of rotatable bonds is 2. The molecule has 1 atom stereocenters. The Bertz CT molecular complexity index is 473. The van der Waals surface area contributed by atoms with E-state index < -0.39 is 10.0 Å². The van der Waals surface area contributed by atoms with Crippen LogP contribution in [-0.2, 0) is 10.0 Å². The van der Waals surface area contributed by atoms with Gasteiger partial charge in [-0.3, -0.25) is 5.10 Å². The molecule has 96 valence electrons. The van der Waals surface area contributed by atoms with Gasteiger partial charge in [-0.2, -0.15) is 9.40 Å². The summed E-state index contributed by atoms with van der Waals surface area (Å²) < 4.78 is 26.0. The molecule has 5 nitrogen and oxygen atoms in total. The van der Waals surface area contributed by atoms with E-state index in [1.54, 1.807) is 4.31 Å². The van der Waals surface area contributed by atoms with E-state index in [-0.39, 0.29) is 10.4 Å². The zero-order valence-electron chi connectivity index (χ0n) is 10.5. The van der Waals surface area contributed by atoms with E-state index in [2.05, 4.69) is 31.0 Å². The van der Waals surface area contributed by atoms with Gasteiger partial charge in [0.2, 0.25) is 0 Å². The standard InChI is InChI=1S/C11H19N3O2S/c1-11(2,3)9-5-7-14(8-9)17(15,16)10-4-6-12-13-10/h4,6,9H,5,7-8H2,1-3H3,(H,12,13). The predicted molar refractivity (Wildman–Crippen MR) is 64.9 cm³/mol. The molecule has 1 unspecified atom stereocenters. The predicted octanol–water partition coefficient (Wildman–Crippen LogP) is 1.47. The van der Waals surface area contributed by atoms with Crippen molar-refractivity contribution >= 4 is 10.0 Å². The first-order chi connectivity index (χ1) is 7.82. The number of hydrogen-bond donors (Lipinski definition) is 1. The molecule has 0 aliphatic carbocycles. The molecule has 0 aromatic carbocycles. The summed E-state index contributed by atoms with van der Waals surface area (Å²) in [4.78, 5) is 0. The van der Waals surface area contributed by atoms with Crippen LogP contribution in [0.3, 0.4) is 0 Å². The second-order valence-electron chi connectivity index (χ2n) is 5.64. The topological polar surface area (TPSA) is 66.1 Å². The Morgan fingerprint density at radius 3 is 2.65 bits per heavy atom. The number of nitrogens with zero attached hydrogens (tertiary/aromatic N) is 2. The van der Waals surface area contributed by atoms with Gasteiger partial charge in [-0.1, -0.05) is 20.8 Å². The minimum atomic E-state index is -3.37. The van der Waals surface area contributed by atoms with Crippen LogP contribution in [0.15, 0.2) is 17.3 Å². The minimum Gasteiger partial charge on any atom is -0.266 e. The molecule has 1 aliphatic heterocycles. The smallest absolute Gasteiger partial charge is 0.259 e. The number of nitrogens with one attached hydrogen (secondary N) is 1. The van der Waals surface area contributed by atoms with E-state index in [0.717, 1.165) is 6.42 Å². The maximum Gasteiger partial charge on any atom is 0.259 e. The van der Waals surface area contributed by atoms with Crippen LogP contribution in [-0.4, -0.2) is 36.0 Å². The van der Waals surface area contributed by atoms with Crippen LogP contribution in [0.25, 0.3) is 0 Å². The van der Waals surface area contributed by atoms with Gasteiger partial charge in [-0.05, 0) is 23.8 Å². The average Bonchev–Trinajstić information content (AvgIpc) is 2.89. The lowest BCUT2D eigenvalue weighted by atomic mass is 9.80. The molecule has 1 N–H and O–H groups in total. The molecule has 0 saturated carbocycles. The van der Waals surface area contributed by atoms with Gasteiger partial charge < -0.3 is 0 Å². The average molecular weight is 257 g/mol. The van der Waals surface area contributed by atoms with Gasteiger partial charge in [0.05, 0.1) is 6.20 Å². The monoisotopic (exact) mass is 257 g/mol. The van der Waals surface area contributed by atoms with Gasteiger partial charge in [0.25, 0.3) is 10.0 Å². The van der Waals surface area contributed by atoms with Crippen molar-refractivity contribution in [1.29, 1.82) is 0 Å². The van der Waals surface area contributed by atoms with E-state index in [1.165, 1.54) is 12.3 Å². The fourth-order valence-corrected chi connectivity index (χ4v) is 3.58. The molecule has 0 radical (unpaired) electrons. The summed E-state index contributed by atoms with van der Waals surface area (Å²) in [6, 6.07) is 1.50. The van der Waals surface area contributed by atoms with Crippen molar-refractivity contribution in [2.45, 2.75) is 32.2 Å². The third kappa shape index (κ3) is 2.37. The molecule has 1 saturated heterocycles. The van der Waals surface area contributed by atoms with Crippen molar-refractivity contribution in [3.63, 3.8) is 0 Å². The van der Waals surface area contributed by atoms with Crippen LogP contribution in [0.4, 0.5) is 0 Å². The lowest BCUT2D eigenvalue weighted by Crippen LogP contribution is -2.31. The highest BCUT2D eigenvalue weighted by molar-refractivity contribution is 7.89. The fourth-order valence-electron chi connectivity index (χ4n) is 2.18. The first kappa shape index (κ1) is 12.6. The van der Waals surface area contributed by atoms with Crippen LogP contribution in [0, 0.1) is 11.3 Å². The molecule has 1 aromatic rings. The molecule has 1 fully saturated rings. The van der Waals surface area contributed by atoms with Crippen LogP contribution in [0.1, 0.15) is 27.2 Å². The Morgan fingerprint density at radius 2 is 2.18 bits per heavy atom. The zero-order chi connectivity index (χ0) is 12.7. The van der Waals surface area contributed by atoms with Crippen LogP contribution >= 0.6 is 0 Å². The molecule has 0 amide bonds. The Labute approximate surface area is 102 Å². The number of hydrogen-bond acceptors (Lipinski definition) is 3. The summed E-state index contributed by atoms with van der Waals surface area (Å²) in [5, 5.41) is 6.41. The lowest BCUT2D eigenvalue weighted by Gasteiger charge is -2.26. The first-order valence-electron chi connectivity index (χ1n) is 5.81. The van der Waals surface area contributed by atoms with Gasteiger partial charge in [-0.15, -0.1) is 0 Å². The number of aromatic nitrogens is 2. The number of aromatic amines is 1. The molecule has 1 aromatic heterocycles. The van der Waals surface area contributed by atoms with Crippen molar-refractivity contribution in [2.75, 3.05) is 13.1 Å². The molecule has 1 aliphatic rings. The first-order valence-corrected chi connectivity index (χ1v) is 7.25. The quantitative estimate of drug-likeness (QED) is 0.872. The Morgan fingerprint density at radius 1 is 1.47 bits per heavy atom. The van der Waals surface area contributed by atoms with Crippen molar-refractivity contribution in [1.82, 2.24) is 14.5 Å². The third-order valence-electron chi connectivity index (χ3n) is 3.47. The largest absolute Gasteiger partial charge is 0.266 e. The minimum absolute atomic E-state index is 0.151. The molecule has 0 bridgehead atoms. The fraction of sp³-hybridized carbons (Fsp3) is 0.727. The summed E-state index contributed by atoms with van der Waals surface area (Å²) in [7, 11) is -3.37. The van der Waals surface area contributed by atoms with Crippen molar-refractivity contribution in [3.8, 4) is 0 Å². The normalized spacial score (nSPS) is 23.1. The zero-order valence-corrected chi connectivity index (χ0v) is 11.3. The number of H-pyrrole nitrogens is 1. The second-order valence-corrected chi connectivity index (χ2v) is 7.54. The van der Waals surface area contributed by atoms with E-state index in [9.17, 15) is 8.42 Å². The molecular weight excluding hydrogens is 238 g/mol. The molecule has 2 heterocycles. The Kier molecular flexibility index (Phi) is 3.03. The molecule has 2 rings (SSSR count). The highest BCUT2D eigenvalue weighted by Gasteiger charge is 2.38. The summed E-state index contributed by atoms with van der Waals surface area (Å²) in [6.07, 6.45) is 2.39. The maximum absolute atomic E-state index is 12.2. The van der Waals surface area contributed by atoms with Crippen LogP contribution in [0.2, 0.25) is 0 Å². The summed E-state index contributed by atoms with van der Waals surface area (Å²) in [6.45, 7) is 7.67. The maximum atomic E-state index is 12.2. The van der Waals surface area contributed by atoms with Gasteiger partial charge in [0.1, 0.15) is 0 Å². The highest BCUT2D eigenvalue weighted by atomic mass is 32.2. The third-order valence-corrected chi connectivity index (χ3v) is 5.26. The van der Waals surface area contributed by atoms with E-state index in [1.807, 2.05) is 0 Å². The Balaban J connectivity index is 2.17.